The van der Waals surface area contributed by atoms with Crippen LogP contribution in [0.5, 0.6) is 0 Å². The van der Waals surface area contributed by atoms with Gasteiger partial charge in [0.05, 0.1) is 10.7 Å². The summed E-state index contributed by atoms with van der Waals surface area (Å²) >= 11 is 8.34. The monoisotopic (exact) mass is 377 g/mol. The van der Waals surface area contributed by atoms with E-state index in [4.69, 9.17) is 11.6 Å². The number of rotatable bonds is 2. The fourth-order valence-electron chi connectivity index (χ4n) is 2.42. The number of benzene rings is 1. The normalized spacial score (nSPS) is 18.4. The third-order valence-electron chi connectivity index (χ3n) is 3.68. The zero-order valence-corrected chi connectivity index (χ0v) is 13.3. The highest BCUT2D eigenvalue weighted by molar-refractivity contribution is 14.1. The Hall–Kier alpha value is -0.290. The van der Waals surface area contributed by atoms with Gasteiger partial charge >= 0.3 is 0 Å². The lowest BCUT2D eigenvalue weighted by Crippen LogP contribution is -2.35. The maximum Gasteiger partial charge on any atom is 0.230 e. The summed E-state index contributed by atoms with van der Waals surface area (Å²) < 4.78 is 1.07. The molecule has 2 nitrogen and oxygen atoms in total. The van der Waals surface area contributed by atoms with Gasteiger partial charge in [0.25, 0.3) is 0 Å². The average molecular weight is 378 g/mol. The summed E-state index contributed by atoms with van der Waals surface area (Å²) in [7, 11) is 0. The van der Waals surface area contributed by atoms with Gasteiger partial charge in [-0.15, -0.1) is 0 Å². The first-order valence-electron chi connectivity index (χ1n) is 6.28. The second kappa shape index (κ2) is 5.78. The van der Waals surface area contributed by atoms with Gasteiger partial charge in [-0.2, -0.15) is 0 Å². The van der Waals surface area contributed by atoms with Gasteiger partial charge in [-0.1, -0.05) is 37.8 Å². The van der Waals surface area contributed by atoms with Gasteiger partial charge in [0.1, 0.15) is 0 Å². The Balaban J connectivity index is 2.11. The molecule has 1 fully saturated rings. The van der Waals surface area contributed by atoms with Crippen LogP contribution in [0, 0.1) is 8.99 Å². The molecule has 1 amide bonds. The zero-order valence-electron chi connectivity index (χ0n) is 10.4. The minimum absolute atomic E-state index is 0.102. The highest BCUT2D eigenvalue weighted by atomic mass is 127. The molecule has 1 aromatic rings. The number of hydrogen-bond donors (Lipinski definition) is 1. The van der Waals surface area contributed by atoms with Crippen LogP contribution in [0.15, 0.2) is 18.2 Å². The van der Waals surface area contributed by atoms with Crippen LogP contribution in [-0.4, -0.2) is 5.91 Å². The Kier molecular flexibility index (Phi) is 4.54. The summed E-state index contributed by atoms with van der Waals surface area (Å²) in [4.78, 5) is 12.4. The predicted molar refractivity (Wildman–Crippen MR) is 84.0 cm³/mol. The molecule has 0 aromatic heterocycles. The van der Waals surface area contributed by atoms with E-state index in [1.54, 1.807) is 0 Å². The fourth-order valence-corrected chi connectivity index (χ4v) is 3.33. The molecule has 0 bridgehead atoms. The highest BCUT2D eigenvalue weighted by Gasteiger charge is 2.34. The molecule has 0 heterocycles. The SMILES string of the molecule is CC1(C(=O)Nc2ccc(I)cc2Cl)CCCCC1. The van der Waals surface area contributed by atoms with E-state index < -0.39 is 0 Å². The van der Waals surface area contributed by atoms with Gasteiger partial charge in [0.2, 0.25) is 5.91 Å². The molecule has 18 heavy (non-hydrogen) atoms. The summed E-state index contributed by atoms with van der Waals surface area (Å²) in [6, 6.07) is 5.68. The molecule has 2 rings (SSSR count). The van der Waals surface area contributed by atoms with Crippen molar-refractivity contribution in [3.8, 4) is 0 Å². The van der Waals surface area contributed by atoms with Gasteiger partial charge in [-0.05, 0) is 53.6 Å². The van der Waals surface area contributed by atoms with Gasteiger partial charge in [0, 0.05) is 8.99 Å². The molecule has 1 saturated carbocycles. The third kappa shape index (κ3) is 3.18. The third-order valence-corrected chi connectivity index (χ3v) is 4.67. The summed E-state index contributed by atoms with van der Waals surface area (Å²) in [6.45, 7) is 2.06. The van der Waals surface area contributed by atoms with Crippen molar-refractivity contribution in [1.29, 1.82) is 0 Å². The Labute approximate surface area is 127 Å². The number of nitrogens with one attached hydrogen (secondary N) is 1. The van der Waals surface area contributed by atoms with Crippen LogP contribution in [0.4, 0.5) is 5.69 Å². The minimum atomic E-state index is -0.232. The molecule has 0 spiro atoms. The Morgan fingerprint density at radius 1 is 1.33 bits per heavy atom. The molecule has 4 heteroatoms. The van der Waals surface area contributed by atoms with Crippen LogP contribution >= 0.6 is 34.2 Å². The van der Waals surface area contributed by atoms with Crippen LogP contribution in [0.3, 0.4) is 0 Å². The van der Waals surface area contributed by atoms with Gasteiger partial charge < -0.3 is 5.32 Å². The van der Waals surface area contributed by atoms with Crippen molar-refractivity contribution in [3.05, 3.63) is 26.8 Å². The van der Waals surface area contributed by atoms with Crippen LogP contribution < -0.4 is 5.32 Å². The highest BCUT2D eigenvalue weighted by Crippen LogP contribution is 2.37. The number of carbonyl (C=O) groups is 1. The van der Waals surface area contributed by atoms with E-state index in [1.165, 1.54) is 6.42 Å². The summed E-state index contributed by atoms with van der Waals surface area (Å²) in [6.07, 6.45) is 5.48. The fraction of sp³-hybridized carbons (Fsp3) is 0.500. The standard InChI is InChI=1S/C14H17ClINO/c1-14(7-3-2-4-8-14)13(18)17-12-6-5-10(16)9-11(12)15/h5-6,9H,2-4,7-8H2,1H3,(H,17,18). The summed E-state index contributed by atoms with van der Waals surface area (Å²) in [5.41, 5.74) is 0.485. The minimum Gasteiger partial charge on any atom is -0.324 e. The first-order chi connectivity index (χ1) is 8.51. The number of anilines is 1. The maximum atomic E-state index is 12.4. The first-order valence-corrected chi connectivity index (χ1v) is 7.73. The van der Waals surface area contributed by atoms with Gasteiger partial charge in [-0.25, -0.2) is 0 Å². The van der Waals surface area contributed by atoms with Crippen molar-refractivity contribution in [2.24, 2.45) is 5.41 Å². The van der Waals surface area contributed by atoms with Crippen LogP contribution in [0.2, 0.25) is 5.02 Å². The summed E-state index contributed by atoms with van der Waals surface area (Å²) in [5.74, 6) is 0.102. The van der Waals surface area contributed by atoms with E-state index in [0.29, 0.717) is 10.7 Å². The van der Waals surface area contributed by atoms with Crippen molar-refractivity contribution < 1.29 is 4.79 Å². The Morgan fingerprint density at radius 2 is 2.00 bits per heavy atom. The zero-order chi connectivity index (χ0) is 13.2. The molecular weight excluding hydrogens is 361 g/mol. The quantitative estimate of drug-likeness (QED) is 0.733. The van der Waals surface area contributed by atoms with Gasteiger partial charge in [0.15, 0.2) is 0 Å². The van der Waals surface area contributed by atoms with Crippen molar-refractivity contribution in [3.63, 3.8) is 0 Å². The molecular formula is C14H17ClINO. The molecule has 0 atom stereocenters. The summed E-state index contributed by atoms with van der Waals surface area (Å²) in [5, 5.41) is 3.58. The van der Waals surface area contributed by atoms with Crippen LogP contribution in [0.1, 0.15) is 39.0 Å². The Bertz CT molecular complexity index is 455. The van der Waals surface area contributed by atoms with Crippen LogP contribution in [0.25, 0.3) is 0 Å². The topological polar surface area (TPSA) is 29.1 Å². The lowest BCUT2D eigenvalue weighted by molar-refractivity contribution is -0.126. The van der Waals surface area contributed by atoms with Crippen LogP contribution in [-0.2, 0) is 4.79 Å². The van der Waals surface area contributed by atoms with Crippen molar-refractivity contribution >= 4 is 45.8 Å². The predicted octanol–water partition coefficient (Wildman–Crippen LogP) is 4.85. The number of carbonyl (C=O) groups excluding carboxylic acids is 1. The van der Waals surface area contributed by atoms with Crippen molar-refractivity contribution in [1.82, 2.24) is 0 Å². The largest absolute Gasteiger partial charge is 0.324 e. The molecule has 1 aliphatic rings. The molecule has 0 aliphatic heterocycles. The molecule has 1 N–H and O–H groups in total. The van der Waals surface area contributed by atoms with Crippen molar-refractivity contribution in [2.45, 2.75) is 39.0 Å². The second-order valence-corrected chi connectivity index (χ2v) is 6.85. The van der Waals surface area contributed by atoms with E-state index >= 15 is 0 Å². The van der Waals surface area contributed by atoms with E-state index in [9.17, 15) is 4.79 Å². The second-order valence-electron chi connectivity index (χ2n) is 5.20. The number of hydrogen-bond acceptors (Lipinski definition) is 1. The van der Waals surface area contributed by atoms with E-state index in [-0.39, 0.29) is 11.3 Å². The maximum absolute atomic E-state index is 12.4. The van der Waals surface area contributed by atoms with Gasteiger partial charge in [-0.3, -0.25) is 4.79 Å². The molecule has 0 saturated heterocycles. The number of amides is 1. The van der Waals surface area contributed by atoms with E-state index in [1.807, 2.05) is 18.2 Å². The Morgan fingerprint density at radius 3 is 2.61 bits per heavy atom. The van der Waals surface area contributed by atoms with E-state index in [0.717, 1.165) is 29.3 Å². The first kappa shape index (κ1) is 14.1. The molecule has 1 aromatic carbocycles. The molecule has 98 valence electrons. The lowest BCUT2D eigenvalue weighted by Gasteiger charge is -2.32. The average Bonchev–Trinajstić information content (AvgIpc) is 2.33. The lowest BCUT2D eigenvalue weighted by atomic mass is 9.75. The smallest absolute Gasteiger partial charge is 0.230 e. The molecule has 0 unspecified atom stereocenters. The number of halogens is 2. The van der Waals surface area contributed by atoms with Crippen molar-refractivity contribution in [2.75, 3.05) is 5.32 Å². The molecule has 0 radical (unpaired) electrons. The van der Waals surface area contributed by atoms with E-state index in [2.05, 4.69) is 34.8 Å². The molecule has 1 aliphatic carbocycles.